The van der Waals surface area contributed by atoms with Gasteiger partial charge in [-0.3, -0.25) is 63.3 Å². The molecule has 6 heterocycles. The number of nitro groups is 3. The monoisotopic (exact) mass is 1490 g/mol. The number of aromatic nitrogens is 3. The van der Waals surface area contributed by atoms with Crippen molar-refractivity contribution >= 4 is 211 Å². The van der Waals surface area contributed by atoms with Crippen LogP contribution in [-0.4, -0.2) is 83.8 Å². The zero-order valence-corrected chi connectivity index (χ0v) is 57.0. The van der Waals surface area contributed by atoms with Crippen LogP contribution in [0.25, 0.3) is 0 Å². The number of nitrogens with two attached hydrogens (primary N) is 1. The van der Waals surface area contributed by atoms with E-state index in [2.05, 4.69) is 15.0 Å². The summed E-state index contributed by atoms with van der Waals surface area (Å²) in [6.07, 6.45) is 12.8. The second kappa shape index (κ2) is 32.9. The van der Waals surface area contributed by atoms with E-state index in [0.29, 0.717) is 45.5 Å². The molecule has 36 heteroatoms. The first kappa shape index (κ1) is 72.1. The number of carbonyl (C=O) groups is 3. The van der Waals surface area contributed by atoms with Gasteiger partial charge in [0.15, 0.2) is 11.6 Å². The van der Waals surface area contributed by atoms with Crippen LogP contribution in [0, 0.1) is 35.1 Å². The lowest BCUT2D eigenvalue weighted by Gasteiger charge is -2.04. The van der Waals surface area contributed by atoms with Crippen LogP contribution in [0.15, 0.2) is 170 Å². The summed E-state index contributed by atoms with van der Waals surface area (Å²) in [5.41, 5.74) is 6.69. The Labute approximate surface area is 565 Å². The van der Waals surface area contributed by atoms with Gasteiger partial charge in [0.25, 0.3) is 17.1 Å². The quantitative estimate of drug-likeness (QED) is 0.0293. The van der Waals surface area contributed by atoms with Gasteiger partial charge >= 0.3 is 5.97 Å². The van der Waals surface area contributed by atoms with Crippen LogP contribution in [-0.2, 0) is 44.2 Å². The SMILES string of the molecule is CS(=N)(=O)c1cccc(CC(=O)c2cc([N+](=O)[O-])c(Sc3c(Cl)cncc3Cl)s2)c1.CS(=O)c1cccc(CC(=O)c2cc([N+](=O)[O-])c(Sc3c(Cl)cncc3Cl)s2)c1.CS(=O)c1cccc(N)c1.O=C(O)c1cc([N+](=O)[O-])c(Sc2c(Cl)cncc2Cl)s1. The fourth-order valence-electron chi connectivity index (χ4n) is 6.81. The van der Waals surface area contributed by atoms with E-state index in [1.54, 1.807) is 85.3 Å². The van der Waals surface area contributed by atoms with Crippen molar-refractivity contribution < 1.29 is 46.9 Å². The molecule has 3 unspecified atom stereocenters. The molecule has 6 aromatic heterocycles. The van der Waals surface area contributed by atoms with Crippen molar-refractivity contribution in [2.24, 2.45) is 0 Å². The molecule has 0 aliphatic rings. The number of carbonyl (C=O) groups excluding carboxylic acids is 2. The maximum Gasteiger partial charge on any atom is 0.346 e. The van der Waals surface area contributed by atoms with E-state index >= 15 is 0 Å². The normalized spacial score (nSPS) is 12.1. The molecule has 3 aromatic carbocycles. The lowest BCUT2D eigenvalue weighted by atomic mass is 10.1. The molecule has 4 N–H and O–H groups in total. The first-order chi connectivity index (χ1) is 41.9. The number of ketones is 2. The number of Topliss-reactive ketones (excluding diaryl/α,β-unsaturated/α-hetero) is 2. The summed E-state index contributed by atoms with van der Waals surface area (Å²) in [6, 6.07) is 23.9. The van der Waals surface area contributed by atoms with Gasteiger partial charge in [0, 0.05) is 129 Å². The Morgan fingerprint density at radius 1 is 0.562 bits per heavy atom. The number of aromatic carboxylic acids is 1. The smallest absolute Gasteiger partial charge is 0.346 e. The van der Waals surface area contributed by atoms with Gasteiger partial charge in [-0.25, -0.2) is 13.8 Å². The van der Waals surface area contributed by atoms with Gasteiger partial charge in [-0.05, 0) is 53.6 Å². The third kappa shape index (κ3) is 20.5. The minimum atomic E-state index is -2.91. The van der Waals surface area contributed by atoms with Gasteiger partial charge in [-0.15, -0.1) is 34.0 Å². The van der Waals surface area contributed by atoms with E-state index < -0.39 is 52.1 Å². The number of halogens is 6. The summed E-state index contributed by atoms with van der Waals surface area (Å²) in [4.78, 5) is 83.3. The first-order valence-electron chi connectivity index (χ1n) is 23.9. The van der Waals surface area contributed by atoms with Gasteiger partial charge in [0.2, 0.25) is 0 Å². The van der Waals surface area contributed by atoms with E-state index in [0.717, 1.165) is 80.3 Å². The molecule has 0 spiro atoms. The van der Waals surface area contributed by atoms with E-state index in [1.807, 2.05) is 0 Å². The highest BCUT2D eigenvalue weighted by atomic mass is 35.5. The Bertz CT molecular complexity index is 4320. The molecule has 0 fully saturated rings. The fourth-order valence-corrected chi connectivity index (χ4v) is 17.0. The maximum absolute atomic E-state index is 12.7. The van der Waals surface area contributed by atoms with E-state index in [4.69, 9.17) is 85.2 Å². The predicted octanol–water partition coefficient (Wildman–Crippen LogP) is 16.9. The van der Waals surface area contributed by atoms with Crippen LogP contribution in [0.4, 0.5) is 22.7 Å². The van der Waals surface area contributed by atoms with Gasteiger partial charge in [0.1, 0.15) is 17.5 Å². The molecule has 9 aromatic rings. The summed E-state index contributed by atoms with van der Waals surface area (Å²) in [5, 5.41) is 44.3. The Balaban J connectivity index is 0.000000200. The summed E-state index contributed by atoms with van der Waals surface area (Å²) in [7, 11) is -5.00. The molecular formula is C53H38Cl6N8O13S9. The summed E-state index contributed by atoms with van der Waals surface area (Å²) < 4.78 is 42.9. The summed E-state index contributed by atoms with van der Waals surface area (Å²) >= 11 is 42.0. The van der Waals surface area contributed by atoms with Crippen molar-refractivity contribution in [1.29, 1.82) is 4.78 Å². The average molecular weight is 1500 g/mol. The van der Waals surface area contributed by atoms with Gasteiger partial charge in [-0.2, -0.15) is 0 Å². The van der Waals surface area contributed by atoms with Crippen LogP contribution >= 0.6 is 139 Å². The molecule has 0 aliphatic carbocycles. The lowest BCUT2D eigenvalue weighted by molar-refractivity contribution is -0.387. The predicted molar refractivity (Wildman–Crippen MR) is 355 cm³/mol. The molecule has 21 nitrogen and oxygen atoms in total. The number of nitrogens with zero attached hydrogens (tertiary/aromatic N) is 6. The zero-order chi connectivity index (χ0) is 65.6. The van der Waals surface area contributed by atoms with Crippen molar-refractivity contribution in [3.8, 4) is 0 Å². The van der Waals surface area contributed by atoms with Crippen molar-refractivity contribution in [1.82, 2.24) is 15.0 Å². The highest BCUT2D eigenvalue weighted by Crippen LogP contribution is 2.49. The number of nitrogens with one attached hydrogen (secondary N) is 1. The van der Waals surface area contributed by atoms with Gasteiger partial charge in [-0.1, -0.05) is 135 Å². The molecule has 89 heavy (non-hydrogen) atoms. The molecule has 0 amide bonds. The Hall–Kier alpha value is -5.94. The maximum atomic E-state index is 12.7. The van der Waals surface area contributed by atoms with E-state index in [9.17, 15) is 57.4 Å². The number of anilines is 1. The van der Waals surface area contributed by atoms with Crippen molar-refractivity contribution in [2.45, 2.75) is 54.8 Å². The summed E-state index contributed by atoms with van der Waals surface area (Å²) in [6.45, 7) is 0. The number of carboxylic acid groups (broad SMARTS) is 1. The highest BCUT2D eigenvalue weighted by Gasteiger charge is 2.28. The van der Waals surface area contributed by atoms with Crippen LogP contribution in [0.3, 0.4) is 0 Å². The van der Waals surface area contributed by atoms with Gasteiger partial charge in [0.05, 0.1) is 79.1 Å². The molecular weight excluding hydrogens is 1460 g/mol. The molecule has 0 aliphatic heterocycles. The molecule has 0 saturated heterocycles. The molecule has 0 saturated carbocycles. The molecule has 3 atom stereocenters. The number of thiophene rings is 3. The molecule has 0 bridgehead atoms. The van der Waals surface area contributed by atoms with Crippen LogP contribution in [0.2, 0.25) is 30.1 Å². The second-order valence-corrected chi connectivity index (χ2v) is 31.7. The largest absolute Gasteiger partial charge is 0.477 e. The van der Waals surface area contributed by atoms with Crippen molar-refractivity contribution in [3.63, 3.8) is 0 Å². The molecule has 9 rings (SSSR count). The Morgan fingerprint density at radius 2 is 0.888 bits per heavy atom. The topological polar surface area (TPSA) is 341 Å². The van der Waals surface area contributed by atoms with Crippen LogP contribution < -0.4 is 5.73 Å². The number of rotatable bonds is 19. The zero-order valence-electron chi connectivity index (χ0n) is 45.1. The highest BCUT2D eigenvalue weighted by molar-refractivity contribution is 8.02. The molecule has 0 radical (unpaired) electrons. The third-order valence-corrected chi connectivity index (χ3v) is 23.7. The number of hydrogen-bond acceptors (Lipinski definition) is 23. The van der Waals surface area contributed by atoms with E-state index in [-0.39, 0.29) is 94.7 Å². The summed E-state index contributed by atoms with van der Waals surface area (Å²) in [5.74, 6) is -1.82. The third-order valence-electron chi connectivity index (χ3n) is 10.9. The first-order valence-corrected chi connectivity index (χ1v) is 36.2. The van der Waals surface area contributed by atoms with Crippen LogP contribution in [0.5, 0.6) is 0 Å². The van der Waals surface area contributed by atoms with Gasteiger partial charge < -0.3 is 10.8 Å². The number of nitrogen functional groups attached to an aromatic ring is 1. The Kier molecular flexibility index (Phi) is 26.6. The lowest BCUT2D eigenvalue weighted by Crippen LogP contribution is -2.03. The van der Waals surface area contributed by atoms with Crippen molar-refractivity contribution in [3.05, 3.63) is 214 Å². The minimum absolute atomic E-state index is 0.0398. The second-order valence-electron chi connectivity index (χ2n) is 17.3. The Morgan fingerprint density at radius 3 is 1.21 bits per heavy atom. The number of carboxylic acids is 1. The standard InChI is InChI=1S/C18H13Cl2N3O4S3.C18H12Cl2N2O4S3.C10H4Cl2N2O4S2.C7H9NOS/c1-30(21,27)11-4-2-3-10(5-11)6-15(24)16-7-14(23(25)26)18(28-16)29-17-12(19)8-22-9-13(17)20;1-29(26)11-4-2-3-10(5-11)6-15(23)16-7-14(22(24)25)18(27-16)28-17-12(19)8-21-9-13(17)20;11-4-2-13-3-5(12)8(4)20-10-6(14(17)18)1-7(19-10)9(15)16;1-10(9)7-4-2-3-6(8)5-7/h2-5,7-9,21H,6H2,1H3;2-5,7-9H,6H2,1H3;1-3H,(H,15,16);2-5H,8H2,1H3. The molecule has 464 valence electrons. The fraction of sp³-hybridized carbons (Fsp3) is 0.0943. The van der Waals surface area contributed by atoms with Crippen LogP contribution in [0.1, 0.15) is 40.1 Å². The number of hydrogen-bond donors (Lipinski definition) is 3. The minimum Gasteiger partial charge on any atom is -0.477 e. The van der Waals surface area contributed by atoms with Crippen molar-refractivity contribution in [2.75, 3.05) is 24.5 Å². The average Bonchev–Trinajstić information content (AvgIpc) is 2.36. The van der Waals surface area contributed by atoms with E-state index in [1.165, 1.54) is 55.6 Å². The number of pyridine rings is 3. The number of benzene rings is 3.